The molecule has 1 aromatic heterocycles. The summed E-state index contributed by atoms with van der Waals surface area (Å²) < 4.78 is 35.8. The Morgan fingerprint density at radius 1 is 0.953 bits per heavy atom. The Morgan fingerprint density at radius 3 is 2.47 bits per heavy atom. The lowest BCUT2D eigenvalue weighted by Gasteiger charge is -2.12. The van der Waals surface area contributed by atoms with Gasteiger partial charge in [0, 0.05) is 48.6 Å². The van der Waals surface area contributed by atoms with Gasteiger partial charge >= 0.3 is 0 Å². The molecule has 1 heterocycles. The summed E-state index contributed by atoms with van der Waals surface area (Å²) in [6.07, 6.45) is 6.76. The second-order valence-electron chi connectivity index (χ2n) is 10.8. The molecule has 4 rings (SSSR count). The van der Waals surface area contributed by atoms with Crippen molar-refractivity contribution < 1.29 is 22.7 Å². The largest absolute Gasteiger partial charge is 0.496 e. The molecule has 0 saturated heterocycles. The lowest BCUT2D eigenvalue weighted by molar-refractivity contribution is -0.121. The summed E-state index contributed by atoms with van der Waals surface area (Å²) in [6.45, 7) is 7.47. The fourth-order valence-electron chi connectivity index (χ4n) is 5.28. The number of carbonyl (C=O) groups is 2. The molecule has 0 bridgehead atoms. The predicted molar refractivity (Wildman–Crippen MR) is 170 cm³/mol. The van der Waals surface area contributed by atoms with Crippen LogP contribution in [0.3, 0.4) is 0 Å². The molecule has 0 radical (unpaired) electrons. The molecule has 0 fully saturated rings. The molecule has 3 aromatic carbocycles. The summed E-state index contributed by atoms with van der Waals surface area (Å²) in [4.78, 5) is 25.1. The third kappa shape index (κ3) is 7.84. The maximum Gasteiger partial charge on any atom is 0.265 e. The molecule has 43 heavy (non-hydrogen) atoms. The highest BCUT2D eigenvalue weighted by Gasteiger charge is 2.21. The third-order valence-corrected chi connectivity index (χ3v) is 8.97. The molecule has 0 aliphatic heterocycles. The monoisotopic (exact) mass is 603 g/mol. The Labute approximate surface area is 254 Å². The van der Waals surface area contributed by atoms with Crippen LogP contribution in [0, 0.1) is 6.92 Å². The molecular formula is C34H41N3O5S. The van der Waals surface area contributed by atoms with Gasteiger partial charge in [0.05, 0.1) is 12.0 Å². The summed E-state index contributed by atoms with van der Waals surface area (Å²) in [6, 6.07) is 18.1. The first-order valence-electron chi connectivity index (χ1n) is 14.8. The highest BCUT2D eigenvalue weighted by atomic mass is 32.2. The van der Waals surface area contributed by atoms with Gasteiger partial charge in [-0.05, 0) is 85.2 Å². The van der Waals surface area contributed by atoms with E-state index in [0.717, 1.165) is 54.3 Å². The fraction of sp³-hybridized carbons (Fsp3) is 0.353. The van der Waals surface area contributed by atoms with Crippen molar-refractivity contribution in [3.8, 4) is 5.75 Å². The number of benzene rings is 3. The van der Waals surface area contributed by atoms with Crippen molar-refractivity contribution in [2.75, 3.05) is 13.7 Å². The van der Waals surface area contributed by atoms with E-state index in [-0.39, 0.29) is 16.4 Å². The van der Waals surface area contributed by atoms with Gasteiger partial charge in [0.15, 0.2) is 0 Å². The first-order valence-corrected chi connectivity index (χ1v) is 16.3. The standard InChI is InChI=1S/C34H41N3O5S/c1-5-18-35-33(38)13-9-11-25-14-17-30-29(20-25)28(23-37(30)19-6-2)21-26-15-16-27(22-31(26)42-4)34(39)36-43(40,41)32-12-8-7-10-24(32)3/h7-8,10,12,14-17,20,22-23H,5-6,9,11,13,18-19,21H2,1-4H3,(H,35,38)(H,36,39). The van der Waals surface area contributed by atoms with Gasteiger partial charge < -0.3 is 14.6 Å². The van der Waals surface area contributed by atoms with Crippen LogP contribution in [0.5, 0.6) is 5.75 Å². The van der Waals surface area contributed by atoms with Crippen LogP contribution in [0.4, 0.5) is 0 Å². The zero-order valence-corrected chi connectivity index (χ0v) is 26.2. The molecular weight excluding hydrogens is 562 g/mol. The van der Waals surface area contributed by atoms with E-state index in [0.29, 0.717) is 30.7 Å². The van der Waals surface area contributed by atoms with Gasteiger partial charge in [0.1, 0.15) is 5.75 Å². The second kappa shape index (κ2) is 14.4. The predicted octanol–water partition coefficient (Wildman–Crippen LogP) is 5.93. The molecule has 2 amide bonds. The lowest BCUT2D eigenvalue weighted by atomic mass is 9.99. The molecule has 9 heteroatoms. The zero-order valence-electron chi connectivity index (χ0n) is 25.4. The summed E-state index contributed by atoms with van der Waals surface area (Å²) in [5, 5.41) is 4.08. The van der Waals surface area contributed by atoms with Crippen molar-refractivity contribution in [1.82, 2.24) is 14.6 Å². The minimum absolute atomic E-state index is 0.0644. The maximum atomic E-state index is 13.0. The van der Waals surface area contributed by atoms with Gasteiger partial charge in [-0.25, -0.2) is 13.1 Å². The van der Waals surface area contributed by atoms with Crippen LogP contribution in [-0.4, -0.2) is 38.5 Å². The van der Waals surface area contributed by atoms with Crippen molar-refractivity contribution in [2.45, 2.75) is 70.7 Å². The van der Waals surface area contributed by atoms with Crippen molar-refractivity contribution in [1.29, 1.82) is 0 Å². The number of fused-ring (bicyclic) bond motifs is 1. The van der Waals surface area contributed by atoms with E-state index in [2.05, 4.69) is 45.9 Å². The van der Waals surface area contributed by atoms with Crippen LogP contribution in [0.15, 0.2) is 71.8 Å². The molecule has 0 unspecified atom stereocenters. The van der Waals surface area contributed by atoms with Gasteiger partial charge in [-0.2, -0.15) is 0 Å². The van der Waals surface area contributed by atoms with Crippen LogP contribution in [0.2, 0.25) is 0 Å². The number of carbonyl (C=O) groups excluding carboxylic acids is 2. The van der Waals surface area contributed by atoms with Crippen LogP contribution in [0.1, 0.15) is 72.1 Å². The average Bonchev–Trinajstić information content (AvgIpc) is 3.32. The van der Waals surface area contributed by atoms with E-state index in [9.17, 15) is 18.0 Å². The van der Waals surface area contributed by atoms with Crippen molar-refractivity contribution in [3.05, 3.63) is 94.7 Å². The number of nitrogens with zero attached hydrogens (tertiary/aromatic N) is 1. The summed E-state index contributed by atoms with van der Waals surface area (Å²) in [5.74, 6) is -0.123. The van der Waals surface area contributed by atoms with Gasteiger partial charge in [0.25, 0.3) is 15.9 Å². The SMILES string of the molecule is CCCNC(=O)CCCc1ccc2c(c1)c(Cc1ccc(C(=O)NS(=O)(=O)c3ccccc3C)cc1OC)cn2CCC. The van der Waals surface area contributed by atoms with Gasteiger partial charge in [-0.1, -0.05) is 44.2 Å². The first kappa shape index (κ1) is 31.8. The maximum absolute atomic E-state index is 13.0. The Hall–Kier alpha value is -4.11. The van der Waals surface area contributed by atoms with Gasteiger partial charge in [0.2, 0.25) is 5.91 Å². The van der Waals surface area contributed by atoms with E-state index in [1.54, 1.807) is 44.4 Å². The molecule has 8 nitrogen and oxygen atoms in total. The Balaban J connectivity index is 1.56. The average molecular weight is 604 g/mol. The van der Waals surface area contributed by atoms with E-state index >= 15 is 0 Å². The van der Waals surface area contributed by atoms with E-state index in [4.69, 9.17) is 4.74 Å². The molecule has 2 N–H and O–H groups in total. The smallest absolute Gasteiger partial charge is 0.265 e. The number of aromatic nitrogens is 1. The van der Waals surface area contributed by atoms with Crippen LogP contribution < -0.4 is 14.8 Å². The number of rotatable bonds is 14. The van der Waals surface area contributed by atoms with Crippen LogP contribution >= 0.6 is 0 Å². The van der Waals surface area contributed by atoms with Crippen molar-refractivity contribution in [2.24, 2.45) is 0 Å². The number of ether oxygens (including phenoxy) is 1. The highest BCUT2D eigenvalue weighted by molar-refractivity contribution is 7.90. The molecule has 0 aliphatic rings. The minimum atomic E-state index is -4.03. The molecule has 4 aromatic rings. The molecule has 0 saturated carbocycles. The quantitative estimate of drug-likeness (QED) is 0.186. The first-order chi connectivity index (χ1) is 20.7. The van der Waals surface area contributed by atoms with Crippen molar-refractivity contribution in [3.63, 3.8) is 0 Å². The van der Waals surface area contributed by atoms with Crippen molar-refractivity contribution >= 4 is 32.7 Å². The van der Waals surface area contributed by atoms with Crippen LogP contribution in [0.25, 0.3) is 10.9 Å². The minimum Gasteiger partial charge on any atom is -0.496 e. The second-order valence-corrected chi connectivity index (χ2v) is 12.5. The van der Waals surface area contributed by atoms with E-state index in [1.807, 2.05) is 13.0 Å². The molecule has 228 valence electrons. The number of hydrogen-bond donors (Lipinski definition) is 2. The number of methoxy groups -OCH3 is 1. The number of hydrogen-bond acceptors (Lipinski definition) is 5. The Bertz CT molecular complexity index is 1710. The molecule has 0 aliphatic carbocycles. The third-order valence-electron chi connectivity index (χ3n) is 7.47. The Morgan fingerprint density at radius 2 is 1.74 bits per heavy atom. The molecule has 0 atom stereocenters. The van der Waals surface area contributed by atoms with E-state index < -0.39 is 15.9 Å². The lowest BCUT2D eigenvalue weighted by Crippen LogP contribution is -2.31. The summed E-state index contributed by atoms with van der Waals surface area (Å²) in [5.41, 5.74) is 5.09. The van der Waals surface area contributed by atoms with Crippen LogP contribution in [-0.2, 0) is 34.2 Å². The molecule has 0 spiro atoms. The number of nitrogens with one attached hydrogen (secondary N) is 2. The normalized spacial score (nSPS) is 11.4. The van der Waals surface area contributed by atoms with Gasteiger partial charge in [-0.15, -0.1) is 0 Å². The van der Waals surface area contributed by atoms with E-state index in [1.165, 1.54) is 11.6 Å². The highest BCUT2D eigenvalue weighted by Crippen LogP contribution is 2.30. The zero-order chi connectivity index (χ0) is 31.0. The Kier molecular flexibility index (Phi) is 10.6. The number of amides is 2. The summed E-state index contributed by atoms with van der Waals surface area (Å²) in [7, 11) is -2.49. The summed E-state index contributed by atoms with van der Waals surface area (Å²) >= 11 is 0. The fourth-order valence-corrected chi connectivity index (χ4v) is 6.50. The number of aryl methyl sites for hydroxylation is 3. The number of sulfonamides is 1. The topological polar surface area (TPSA) is 106 Å². The van der Waals surface area contributed by atoms with Gasteiger partial charge in [-0.3, -0.25) is 9.59 Å².